The first-order valence-electron chi connectivity index (χ1n) is 8.33. The molecule has 0 saturated carbocycles. The number of hydrogen-bond acceptors (Lipinski definition) is 7. The summed E-state index contributed by atoms with van der Waals surface area (Å²) in [6, 6.07) is 17.6. The lowest BCUT2D eigenvalue weighted by Gasteiger charge is -2.03. The van der Waals surface area contributed by atoms with Gasteiger partial charge in [0, 0.05) is 10.9 Å². The van der Waals surface area contributed by atoms with Crippen molar-refractivity contribution in [2.24, 2.45) is 0 Å². The van der Waals surface area contributed by atoms with E-state index in [1.54, 1.807) is 23.7 Å². The molecule has 0 bridgehead atoms. The molecule has 0 aliphatic heterocycles. The summed E-state index contributed by atoms with van der Waals surface area (Å²) in [5.74, 6) is 0.381. The van der Waals surface area contributed by atoms with Crippen LogP contribution in [0.5, 0.6) is 0 Å². The van der Waals surface area contributed by atoms with Crippen LogP contribution in [-0.4, -0.2) is 20.2 Å². The van der Waals surface area contributed by atoms with Crippen LogP contribution in [0.25, 0.3) is 32.8 Å². The summed E-state index contributed by atoms with van der Waals surface area (Å²) in [6.07, 6.45) is 1.56. The van der Waals surface area contributed by atoms with Crippen molar-refractivity contribution < 1.29 is 4.42 Å². The van der Waals surface area contributed by atoms with Crippen molar-refractivity contribution in [2.45, 2.75) is 10.2 Å². The van der Waals surface area contributed by atoms with E-state index < -0.39 is 0 Å². The third-order valence-electron chi connectivity index (χ3n) is 4.11. The summed E-state index contributed by atoms with van der Waals surface area (Å²) in [7, 11) is 0. The molecule has 8 heteroatoms. The Bertz CT molecular complexity index is 1270. The van der Waals surface area contributed by atoms with Crippen LogP contribution >= 0.6 is 34.7 Å². The van der Waals surface area contributed by atoms with E-state index in [4.69, 9.17) is 16.0 Å². The van der Waals surface area contributed by atoms with Gasteiger partial charge in [-0.25, -0.2) is 9.97 Å². The number of aromatic nitrogens is 4. The highest BCUT2D eigenvalue weighted by Gasteiger charge is 2.18. The molecule has 0 radical (unpaired) electrons. The number of fused-ring (bicyclic) bond motifs is 1. The van der Waals surface area contributed by atoms with Crippen LogP contribution in [0.2, 0.25) is 5.02 Å². The topological polar surface area (TPSA) is 64.7 Å². The largest absolute Gasteiger partial charge is 0.411 e. The molecule has 3 heterocycles. The summed E-state index contributed by atoms with van der Waals surface area (Å²) in [5.41, 5.74) is 2.92. The number of benzene rings is 2. The quantitative estimate of drug-likeness (QED) is 0.320. The second-order valence-corrected chi connectivity index (χ2v) is 8.03. The fraction of sp³-hybridized carbons (Fsp3) is 0. The second-order valence-electron chi connectivity index (χ2n) is 5.83. The van der Waals surface area contributed by atoms with Gasteiger partial charge in [-0.3, -0.25) is 0 Å². The molecule has 0 amide bonds. The van der Waals surface area contributed by atoms with Crippen molar-refractivity contribution in [3.05, 3.63) is 71.3 Å². The minimum atomic E-state index is 0.381. The molecule has 2 aromatic carbocycles. The van der Waals surface area contributed by atoms with Gasteiger partial charge in [0.2, 0.25) is 5.89 Å². The molecule has 5 nitrogen and oxygen atoms in total. The lowest BCUT2D eigenvalue weighted by Crippen LogP contribution is -1.86. The number of rotatable bonds is 4. The van der Waals surface area contributed by atoms with Gasteiger partial charge in [0.1, 0.15) is 16.2 Å². The monoisotopic (exact) mass is 422 g/mol. The fourth-order valence-corrected chi connectivity index (χ4v) is 4.81. The predicted octanol–water partition coefficient (Wildman–Crippen LogP) is 6.21. The van der Waals surface area contributed by atoms with Gasteiger partial charge < -0.3 is 4.42 Å². The zero-order chi connectivity index (χ0) is 18.9. The van der Waals surface area contributed by atoms with Crippen LogP contribution in [0.3, 0.4) is 0 Å². The van der Waals surface area contributed by atoms with E-state index in [0.717, 1.165) is 26.4 Å². The average molecular weight is 423 g/mol. The Morgan fingerprint density at radius 3 is 2.57 bits per heavy atom. The van der Waals surface area contributed by atoms with Crippen molar-refractivity contribution in [1.29, 1.82) is 0 Å². The standard InChI is InChI=1S/C20H11ClN4OS2/c21-15-9-5-4-8-13(15)17-24-25-20(26-17)28-19-16-14(12-6-2-1-3-7-12)10-27-18(16)22-11-23-19/h1-11H. The SMILES string of the molecule is Clc1ccccc1-c1nnc(Sc2ncnc3scc(-c4ccccc4)c23)o1. The van der Waals surface area contributed by atoms with Crippen molar-refractivity contribution in [3.63, 3.8) is 0 Å². The van der Waals surface area contributed by atoms with Crippen molar-refractivity contribution >= 4 is 44.9 Å². The molecule has 0 N–H and O–H groups in total. The van der Waals surface area contributed by atoms with E-state index in [-0.39, 0.29) is 0 Å². The van der Waals surface area contributed by atoms with Crippen molar-refractivity contribution in [2.75, 3.05) is 0 Å². The highest BCUT2D eigenvalue weighted by molar-refractivity contribution is 7.99. The molecule has 136 valence electrons. The van der Waals surface area contributed by atoms with E-state index in [0.29, 0.717) is 21.7 Å². The van der Waals surface area contributed by atoms with Gasteiger partial charge in [0.25, 0.3) is 5.22 Å². The van der Waals surface area contributed by atoms with Gasteiger partial charge >= 0.3 is 0 Å². The van der Waals surface area contributed by atoms with Gasteiger partial charge in [-0.15, -0.1) is 21.5 Å². The lowest BCUT2D eigenvalue weighted by molar-refractivity contribution is 0.466. The Labute approximate surface area is 173 Å². The molecule has 0 fully saturated rings. The Morgan fingerprint density at radius 2 is 1.71 bits per heavy atom. The zero-order valence-corrected chi connectivity index (χ0v) is 16.6. The highest BCUT2D eigenvalue weighted by atomic mass is 35.5. The van der Waals surface area contributed by atoms with Crippen LogP contribution in [0.15, 0.2) is 81.0 Å². The Morgan fingerprint density at radius 1 is 0.893 bits per heavy atom. The van der Waals surface area contributed by atoms with Crippen LogP contribution in [-0.2, 0) is 0 Å². The van der Waals surface area contributed by atoms with E-state index in [9.17, 15) is 0 Å². The van der Waals surface area contributed by atoms with Crippen molar-refractivity contribution in [1.82, 2.24) is 20.2 Å². The van der Waals surface area contributed by atoms with Gasteiger partial charge in [0.15, 0.2) is 0 Å². The Kier molecular flexibility index (Phi) is 4.56. The molecule has 0 saturated heterocycles. The number of halogens is 1. The molecule has 28 heavy (non-hydrogen) atoms. The zero-order valence-electron chi connectivity index (χ0n) is 14.2. The molecule has 0 atom stereocenters. The first-order valence-corrected chi connectivity index (χ1v) is 10.4. The first kappa shape index (κ1) is 17.4. The van der Waals surface area contributed by atoms with Gasteiger partial charge in [-0.05, 0) is 29.5 Å². The average Bonchev–Trinajstić information content (AvgIpc) is 3.37. The molecule has 0 aliphatic rings. The summed E-state index contributed by atoms with van der Waals surface area (Å²) < 4.78 is 5.82. The minimum Gasteiger partial charge on any atom is -0.411 e. The molecule has 3 aromatic heterocycles. The molecule has 0 spiro atoms. The van der Waals surface area contributed by atoms with E-state index in [1.165, 1.54) is 11.8 Å². The highest BCUT2D eigenvalue weighted by Crippen LogP contribution is 2.40. The second kappa shape index (κ2) is 7.35. The van der Waals surface area contributed by atoms with Gasteiger partial charge in [-0.2, -0.15) is 0 Å². The molecule has 0 aliphatic carbocycles. The van der Waals surface area contributed by atoms with Gasteiger partial charge in [-0.1, -0.05) is 54.1 Å². The molecular formula is C20H11ClN4OS2. The summed E-state index contributed by atoms with van der Waals surface area (Å²) in [5, 5.41) is 13.1. The third-order valence-corrected chi connectivity index (χ3v) is 6.17. The van der Waals surface area contributed by atoms with Crippen LogP contribution in [0.1, 0.15) is 0 Å². The van der Waals surface area contributed by atoms with Crippen LogP contribution in [0.4, 0.5) is 0 Å². The third kappa shape index (κ3) is 3.17. The smallest absolute Gasteiger partial charge is 0.283 e. The molecular weight excluding hydrogens is 412 g/mol. The molecule has 5 rings (SSSR count). The minimum absolute atomic E-state index is 0.381. The maximum Gasteiger partial charge on any atom is 0.283 e. The molecule has 5 aromatic rings. The normalized spacial score (nSPS) is 11.2. The Balaban J connectivity index is 1.55. The molecule has 0 unspecified atom stereocenters. The number of nitrogens with zero attached hydrogens (tertiary/aromatic N) is 4. The maximum absolute atomic E-state index is 6.23. The predicted molar refractivity (Wildman–Crippen MR) is 112 cm³/mol. The van der Waals surface area contributed by atoms with E-state index in [2.05, 4.69) is 37.7 Å². The van der Waals surface area contributed by atoms with Gasteiger partial charge in [0.05, 0.1) is 16.0 Å². The van der Waals surface area contributed by atoms with Crippen LogP contribution < -0.4 is 0 Å². The first-order chi connectivity index (χ1) is 13.8. The number of thiophene rings is 1. The Hall–Kier alpha value is -2.74. The van der Waals surface area contributed by atoms with E-state index >= 15 is 0 Å². The maximum atomic E-state index is 6.23. The van der Waals surface area contributed by atoms with E-state index in [1.807, 2.05) is 36.4 Å². The summed E-state index contributed by atoms with van der Waals surface area (Å²) >= 11 is 9.14. The fourth-order valence-electron chi connectivity index (χ4n) is 2.83. The summed E-state index contributed by atoms with van der Waals surface area (Å²) in [4.78, 5) is 9.79. The lowest BCUT2D eigenvalue weighted by atomic mass is 10.1. The van der Waals surface area contributed by atoms with Crippen molar-refractivity contribution in [3.8, 4) is 22.6 Å². The summed E-state index contributed by atoms with van der Waals surface area (Å²) in [6.45, 7) is 0. The van der Waals surface area contributed by atoms with Crippen LogP contribution in [0, 0.1) is 0 Å². The number of hydrogen-bond donors (Lipinski definition) is 0.